The molecule has 1 aromatic rings. The Morgan fingerprint density at radius 1 is 1.53 bits per heavy atom. The Morgan fingerprint density at radius 2 is 2.53 bits per heavy atom. The van der Waals surface area contributed by atoms with Crippen molar-refractivity contribution >= 4 is 0 Å². The van der Waals surface area contributed by atoms with Crippen LogP contribution in [0.3, 0.4) is 0 Å². The molecular weight excluding hydrogens is 190 g/mol. The molecule has 1 aliphatic rings. The zero-order chi connectivity index (χ0) is 10.3. The summed E-state index contributed by atoms with van der Waals surface area (Å²) in [5, 5.41) is 3.39. The van der Waals surface area contributed by atoms with E-state index in [-0.39, 0.29) is 0 Å². The van der Waals surface area contributed by atoms with E-state index in [0.717, 1.165) is 26.3 Å². The largest absolute Gasteiger partial charge is 0.379 e. The van der Waals surface area contributed by atoms with Gasteiger partial charge in [0, 0.05) is 25.5 Å². The normalized spacial score (nSPS) is 21.7. The molecule has 0 bridgehead atoms. The van der Waals surface area contributed by atoms with Crippen LogP contribution >= 0.6 is 0 Å². The Morgan fingerprint density at radius 3 is 3.27 bits per heavy atom. The number of hydrogen-bond acceptors (Lipinski definition) is 3. The molecule has 0 spiro atoms. The predicted molar refractivity (Wildman–Crippen MR) is 58.6 cm³/mol. The summed E-state index contributed by atoms with van der Waals surface area (Å²) in [6, 6.07) is 0. The van der Waals surface area contributed by atoms with Crippen LogP contribution in [0.2, 0.25) is 0 Å². The second-order valence-electron chi connectivity index (χ2n) is 4.09. The van der Waals surface area contributed by atoms with Crippen LogP contribution in [0.4, 0.5) is 0 Å². The van der Waals surface area contributed by atoms with E-state index in [1.165, 1.54) is 19.4 Å². The van der Waals surface area contributed by atoms with Crippen LogP contribution in [-0.4, -0.2) is 35.9 Å². The van der Waals surface area contributed by atoms with Crippen molar-refractivity contribution in [3.63, 3.8) is 0 Å². The van der Waals surface area contributed by atoms with Crippen molar-refractivity contribution in [2.24, 2.45) is 5.92 Å². The molecular formula is C11H19N3O. The van der Waals surface area contributed by atoms with Crippen molar-refractivity contribution in [2.75, 3.05) is 26.3 Å². The van der Waals surface area contributed by atoms with Gasteiger partial charge in [-0.3, -0.25) is 0 Å². The van der Waals surface area contributed by atoms with Gasteiger partial charge in [-0.25, -0.2) is 4.98 Å². The van der Waals surface area contributed by atoms with Crippen LogP contribution in [0.25, 0.3) is 0 Å². The molecule has 0 unspecified atom stereocenters. The molecule has 2 heterocycles. The van der Waals surface area contributed by atoms with Gasteiger partial charge in [-0.1, -0.05) is 0 Å². The summed E-state index contributed by atoms with van der Waals surface area (Å²) in [5.41, 5.74) is 0. The van der Waals surface area contributed by atoms with E-state index in [2.05, 4.69) is 10.3 Å². The predicted octanol–water partition coefficient (Wildman–Crippen LogP) is 0.899. The first-order valence-corrected chi connectivity index (χ1v) is 5.69. The number of piperidine rings is 1. The van der Waals surface area contributed by atoms with Crippen molar-refractivity contribution in [2.45, 2.75) is 19.4 Å². The van der Waals surface area contributed by atoms with Gasteiger partial charge in [0.15, 0.2) is 0 Å². The lowest BCUT2D eigenvalue weighted by Crippen LogP contribution is -2.32. The Hall–Kier alpha value is -0.870. The fraction of sp³-hybridized carbons (Fsp3) is 0.727. The molecule has 0 radical (unpaired) electrons. The number of aromatic nitrogens is 2. The summed E-state index contributed by atoms with van der Waals surface area (Å²) >= 11 is 0. The topological polar surface area (TPSA) is 39.1 Å². The van der Waals surface area contributed by atoms with Gasteiger partial charge >= 0.3 is 0 Å². The van der Waals surface area contributed by atoms with Gasteiger partial charge in [-0.15, -0.1) is 0 Å². The van der Waals surface area contributed by atoms with E-state index < -0.39 is 0 Å². The Balaban J connectivity index is 1.54. The molecule has 1 aliphatic heterocycles. The summed E-state index contributed by atoms with van der Waals surface area (Å²) < 4.78 is 7.70. The Labute approximate surface area is 90.6 Å². The van der Waals surface area contributed by atoms with Crippen LogP contribution in [0.1, 0.15) is 12.8 Å². The van der Waals surface area contributed by atoms with E-state index in [9.17, 15) is 0 Å². The molecule has 0 saturated carbocycles. The van der Waals surface area contributed by atoms with E-state index in [1.807, 2.05) is 17.1 Å². The molecule has 0 amide bonds. The van der Waals surface area contributed by atoms with Gasteiger partial charge in [0.2, 0.25) is 0 Å². The van der Waals surface area contributed by atoms with Crippen LogP contribution in [0.5, 0.6) is 0 Å². The number of ether oxygens (including phenoxy) is 1. The van der Waals surface area contributed by atoms with E-state index in [0.29, 0.717) is 5.92 Å². The van der Waals surface area contributed by atoms with E-state index >= 15 is 0 Å². The zero-order valence-corrected chi connectivity index (χ0v) is 9.06. The smallest absolute Gasteiger partial charge is 0.0946 e. The lowest BCUT2D eigenvalue weighted by molar-refractivity contribution is 0.0842. The highest BCUT2D eigenvalue weighted by Gasteiger charge is 2.12. The van der Waals surface area contributed by atoms with Crippen LogP contribution < -0.4 is 5.32 Å². The molecule has 1 N–H and O–H groups in total. The Kier molecular flexibility index (Phi) is 4.17. The SMILES string of the molecule is c1cn(CCOC[C@H]2CCCNC2)cn1. The van der Waals surface area contributed by atoms with Gasteiger partial charge in [0.1, 0.15) is 0 Å². The van der Waals surface area contributed by atoms with Gasteiger partial charge in [-0.2, -0.15) is 0 Å². The first kappa shape index (κ1) is 10.6. The van der Waals surface area contributed by atoms with Crippen LogP contribution in [0, 0.1) is 5.92 Å². The van der Waals surface area contributed by atoms with Crippen LogP contribution in [0.15, 0.2) is 18.7 Å². The van der Waals surface area contributed by atoms with Crippen molar-refractivity contribution in [1.29, 1.82) is 0 Å². The molecule has 1 fully saturated rings. The first-order valence-electron chi connectivity index (χ1n) is 5.69. The summed E-state index contributed by atoms with van der Waals surface area (Å²) in [6.45, 7) is 4.87. The standard InChI is InChI=1S/C11H19N3O/c1-2-11(8-12-3-1)9-15-7-6-14-5-4-13-10-14/h4-5,10-12H,1-3,6-9H2/t11-/m0/s1. The molecule has 1 aromatic heterocycles. The fourth-order valence-corrected chi connectivity index (χ4v) is 1.91. The highest BCUT2D eigenvalue weighted by molar-refractivity contribution is 4.73. The molecule has 1 saturated heterocycles. The minimum atomic E-state index is 0.710. The summed E-state index contributed by atoms with van der Waals surface area (Å²) in [4.78, 5) is 3.99. The number of nitrogens with zero attached hydrogens (tertiary/aromatic N) is 2. The van der Waals surface area contributed by atoms with Crippen molar-refractivity contribution in [3.05, 3.63) is 18.7 Å². The van der Waals surface area contributed by atoms with E-state index in [4.69, 9.17) is 4.74 Å². The zero-order valence-electron chi connectivity index (χ0n) is 9.06. The molecule has 0 aliphatic carbocycles. The van der Waals surface area contributed by atoms with Gasteiger partial charge in [0.25, 0.3) is 0 Å². The first-order chi connectivity index (χ1) is 7.45. The quantitative estimate of drug-likeness (QED) is 0.732. The number of hydrogen-bond donors (Lipinski definition) is 1. The van der Waals surface area contributed by atoms with Gasteiger partial charge in [0.05, 0.1) is 19.5 Å². The lowest BCUT2D eigenvalue weighted by atomic mass is 10.0. The third-order valence-corrected chi connectivity index (χ3v) is 2.81. The fourth-order valence-electron chi connectivity index (χ4n) is 1.91. The number of imidazole rings is 1. The number of nitrogens with one attached hydrogen (secondary N) is 1. The van der Waals surface area contributed by atoms with E-state index in [1.54, 1.807) is 6.20 Å². The summed E-state index contributed by atoms with van der Waals surface area (Å²) in [6.07, 6.45) is 8.18. The highest BCUT2D eigenvalue weighted by atomic mass is 16.5. The molecule has 84 valence electrons. The van der Waals surface area contributed by atoms with Gasteiger partial charge in [-0.05, 0) is 25.3 Å². The average Bonchev–Trinajstić information content (AvgIpc) is 2.79. The Bertz CT molecular complexity index is 255. The van der Waals surface area contributed by atoms with Crippen molar-refractivity contribution in [1.82, 2.24) is 14.9 Å². The third-order valence-electron chi connectivity index (χ3n) is 2.81. The summed E-state index contributed by atoms with van der Waals surface area (Å²) in [7, 11) is 0. The number of rotatable bonds is 5. The lowest BCUT2D eigenvalue weighted by Gasteiger charge is -2.22. The molecule has 15 heavy (non-hydrogen) atoms. The molecule has 4 heteroatoms. The third kappa shape index (κ3) is 3.64. The highest BCUT2D eigenvalue weighted by Crippen LogP contribution is 2.09. The molecule has 0 aromatic carbocycles. The summed E-state index contributed by atoms with van der Waals surface area (Å²) in [5.74, 6) is 0.710. The second kappa shape index (κ2) is 5.88. The second-order valence-corrected chi connectivity index (χ2v) is 4.09. The maximum Gasteiger partial charge on any atom is 0.0946 e. The molecule has 2 rings (SSSR count). The minimum absolute atomic E-state index is 0.710. The van der Waals surface area contributed by atoms with Gasteiger partial charge < -0.3 is 14.6 Å². The van der Waals surface area contributed by atoms with Crippen LogP contribution in [-0.2, 0) is 11.3 Å². The maximum atomic E-state index is 5.66. The van der Waals surface area contributed by atoms with Crippen molar-refractivity contribution < 1.29 is 4.74 Å². The van der Waals surface area contributed by atoms with Crippen molar-refractivity contribution in [3.8, 4) is 0 Å². The monoisotopic (exact) mass is 209 g/mol. The molecule has 1 atom stereocenters. The molecule has 4 nitrogen and oxygen atoms in total. The minimum Gasteiger partial charge on any atom is -0.379 e. The average molecular weight is 209 g/mol. The maximum absolute atomic E-state index is 5.66.